The van der Waals surface area contributed by atoms with E-state index < -0.39 is 15.9 Å². The van der Waals surface area contributed by atoms with E-state index in [-0.39, 0.29) is 36.1 Å². The van der Waals surface area contributed by atoms with Crippen LogP contribution >= 0.6 is 0 Å². The minimum absolute atomic E-state index is 0.0148. The van der Waals surface area contributed by atoms with E-state index in [1.54, 1.807) is 4.90 Å². The highest BCUT2D eigenvalue weighted by molar-refractivity contribution is 7.91. The third kappa shape index (κ3) is 5.95. The number of hydrogen-bond donors (Lipinski definition) is 1. The average molecular weight is 394 g/mol. The molecule has 2 amide bonds. The van der Waals surface area contributed by atoms with E-state index in [2.05, 4.69) is 5.32 Å². The molecule has 1 aromatic rings. The second-order valence-corrected chi connectivity index (χ2v) is 9.41. The van der Waals surface area contributed by atoms with Gasteiger partial charge in [0.25, 0.3) is 0 Å². The molecule has 27 heavy (non-hydrogen) atoms. The lowest BCUT2D eigenvalue weighted by Gasteiger charge is -2.28. The first kappa shape index (κ1) is 19.7. The summed E-state index contributed by atoms with van der Waals surface area (Å²) in [7, 11) is -3.01. The molecule has 148 valence electrons. The Labute approximate surface area is 160 Å². The number of nitrogens with zero attached hydrogens (tertiary/aromatic N) is 1. The standard InChI is InChI=1S/C19H26N2O5S/c22-18(21(16-8-9-16)17-10-12-27(24,25)14-17)7-4-11-20-19(23)26-13-15-5-2-1-3-6-15/h1-3,5-6,16-17H,4,7-14H2,(H,20,23). The van der Waals surface area contributed by atoms with Crippen LogP contribution in [0.15, 0.2) is 30.3 Å². The molecule has 1 saturated carbocycles. The Morgan fingerprint density at radius 3 is 2.48 bits per heavy atom. The van der Waals surface area contributed by atoms with E-state index in [1.165, 1.54) is 0 Å². The van der Waals surface area contributed by atoms with Crippen molar-refractivity contribution in [2.24, 2.45) is 0 Å². The molecule has 2 fully saturated rings. The maximum absolute atomic E-state index is 12.6. The summed E-state index contributed by atoms with van der Waals surface area (Å²) >= 11 is 0. The lowest BCUT2D eigenvalue weighted by atomic mass is 10.2. The van der Waals surface area contributed by atoms with Gasteiger partial charge in [0.15, 0.2) is 9.84 Å². The number of benzene rings is 1. The Balaban J connectivity index is 1.36. The molecule has 1 unspecified atom stereocenters. The number of ether oxygens (including phenoxy) is 1. The summed E-state index contributed by atoms with van der Waals surface area (Å²) < 4.78 is 28.5. The van der Waals surface area contributed by atoms with Gasteiger partial charge in [0.2, 0.25) is 5.91 Å². The molecule has 1 aliphatic carbocycles. The van der Waals surface area contributed by atoms with Crippen LogP contribution < -0.4 is 5.32 Å². The van der Waals surface area contributed by atoms with Gasteiger partial charge in [-0.1, -0.05) is 30.3 Å². The number of carbonyl (C=O) groups is 2. The van der Waals surface area contributed by atoms with Crippen molar-refractivity contribution in [2.45, 2.75) is 50.8 Å². The van der Waals surface area contributed by atoms with Gasteiger partial charge in [-0.25, -0.2) is 13.2 Å². The highest BCUT2D eigenvalue weighted by Crippen LogP contribution is 2.32. The molecule has 1 N–H and O–H groups in total. The number of amides is 2. The van der Waals surface area contributed by atoms with Crippen LogP contribution in [-0.4, -0.2) is 55.5 Å². The molecule has 3 rings (SSSR count). The summed E-state index contributed by atoms with van der Waals surface area (Å²) in [6.07, 6.45) is 2.73. The third-order valence-electron chi connectivity index (χ3n) is 4.88. The highest BCUT2D eigenvalue weighted by atomic mass is 32.2. The van der Waals surface area contributed by atoms with E-state index in [1.807, 2.05) is 30.3 Å². The Kier molecular flexibility index (Phi) is 6.36. The van der Waals surface area contributed by atoms with Crippen LogP contribution in [0.25, 0.3) is 0 Å². The molecule has 7 nitrogen and oxygen atoms in total. The zero-order valence-electron chi connectivity index (χ0n) is 15.3. The molecule has 1 aromatic carbocycles. The minimum atomic E-state index is -3.01. The largest absolute Gasteiger partial charge is 0.445 e. The summed E-state index contributed by atoms with van der Waals surface area (Å²) in [4.78, 5) is 26.1. The van der Waals surface area contributed by atoms with Gasteiger partial charge in [0, 0.05) is 25.0 Å². The van der Waals surface area contributed by atoms with Gasteiger partial charge in [-0.3, -0.25) is 4.79 Å². The smallest absolute Gasteiger partial charge is 0.407 e. The topological polar surface area (TPSA) is 92.8 Å². The van der Waals surface area contributed by atoms with Crippen molar-refractivity contribution in [1.82, 2.24) is 10.2 Å². The van der Waals surface area contributed by atoms with Crippen LogP contribution in [0.4, 0.5) is 4.79 Å². The van der Waals surface area contributed by atoms with Crippen molar-refractivity contribution < 1.29 is 22.7 Å². The predicted molar refractivity (Wildman–Crippen MR) is 101 cm³/mol. The summed E-state index contributed by atoms with van der Waals surface area (Å²) in [6.45, 7) is 0.554. The maximum atomic E-state index is 12.6. The van der Waals surface area contributed by atoms with Crippen molar-refractivity contribution in [3.05, 3.63) is 35.9 Å². The van der Waals surface area contributed by atoms with Gasteiger partial charge in [-0.2, -0.15) is 0 Å². The number of nitrogens with one attached hydrogen (secondary N) is 1. The van der Waals surface area contributed by atoms with Crippen LogP contribution in [0.5, 0.6) is 0 Å². The van der Waals surface area contributed by atoms with Crippen LogP contribution in [0.3, 0.4) is 0 Å². The molecule has 1 heterocycles. The molecule has 0 radical (unpaired) electrons. The second kappa shape index (κ2) is 8.73. The van der Waals surface area contributed by atoms with Gasteiger partial charge < -0.3 is 15.0 Å². The molecule has 0 aromatic heterocycles. The Bertz CT molecular complexity index is 762. The lowest BCUT2D eigenvalue weighted by Crippen LogP contribution is -2.43. The van der Waals surface area contributed by atoms with E-state index in [9.17, 15) is 18.0 Å². The lowest BCUT2D eigenvalue weighted by molar-refractivity contribution is -0.133. The van der Waals surface area contributed by atoms with Crippen molar-refractivity contribution in [1.29, 1.82) is 0 Å². The predicted octanol–water partition coefficient (Wildman–Crippen LogP) is 1.87. The zero-order valence-corrected chi connectivity index (χ0v) is 16.1. The molecular formula is C19H26N2O5S. The fraction of sp³-hybridized carbons (Fsp3) is 0.579. The first-order valence-electron chi connectivity index (χ1n) is 9.41. The van der Waals surface area contributed by atoms with Gasteiger partial charge in [-0.05, 0) is 31.2 Å². The van der Waals surface area contributed by atoms with Gasteiger partial charge in [0.05, 0.1) is 11.5 Å². The third-order valence-corrected chi connectivity index (χ3v) is 6.63. The Morgan fingerprint density at radius 2 is 1.85 bits per heavy atom. The van der Waals surface area contributed by atoms with E-state index in [4.69, 9.17) is 4.74 Å². The molecule has 1 saturated heterocycles. The average Bonchev–Trinajstić information content (AvgIpc) is 3.41. The molecule has 1 aliphatic heterocycles. The fourth-order valence-electron chi connectivity index (χ4n) is 3.39. The molecule has 0 spiro atoms. The highest BCUT2D eigenvalue weighted by Gasteiger charge is 2.41. The maximum Gasteiger partial charge on any atom is 0.407 e. The van der Waals surface area contributed by atoms with E-state index in [0.29, 0.717) is 25.8 Å². The number of alkyl carbamates (subject to hydrolysis) is 1. The summed E-state index contributed by atoms with van der Waals surface area (Å²) in [5.41, 5.74) is 0.911. The SMILES string of the molecule is O=C(NCCCC(=O)N(C1CC1)C1CCS(=O)(=O)C1)OCc1ccccc1. The normalized spacial score (nSPS) is 20.8. The van der Waals surface area contributed by atoms with E-state index >= 15 is 0 Å². The van der Waals surface area contributed by atoms with E-state index in [0.717, 1.165) is 18.4 Å². The van der Waals surface area contributed by atoms with Crippen LogP contribution in [0.2, 0.25) is 0 Å². The summed E-state index contributed by atoms with van der Waals surface area (Å²) in [5.74, 6) is 0.237. The quantitative estimate of drug-likeness (QED) is 0.680. The molecule has 2 aliphatic rings. The van der Waals surface area contributed by atoms with Crippen molar-refractivity contribution in [3.63, 3.8) is 0 Å². The first-order chi connectivity index (χ1) is 12.9. The summed E-state index contributed by atoms with van der Waals surface area (Å²) in [6, 6.07) is 9.42. The molecule has 8 heteroatoms. The number of rotatable bonds is 8. The van der Waals surface area contributed by atoms with Crippen molar-refractivity contribution >= 4 is 21.8 Å². The second-order valence-electron chi connectivity index (χ2n) is 7.18. The Hall–Kier alpha value is -2.09. The zero-order chi connectivity index (χ0) is 19.3. The molecule has 0 bridgehead atoms. The van der Waals surface area contributed by atoms with Crippen molar-refractivity contribution in [3.8, 4) is 0 Å². The number of carbonyl (C=O) groups excluding carboxylic acids is 2. The van der Waals surface area contributed by atoms with Crippen LogP contribution in [0, 0.1) is 0 Å². The van der Waals surface area contributed by atoms with Gasteiger partial charge >= 0.3 is 6.09 Å². The Morgan fingerprint density at radius 1 is 1.11 bits per heavy atom. The molecule has 1 atom stereocenters. The van der Waals surface area contributed by atoms with Crippen LogP contribution in [-0.2, 0) is 26.0 Å². The van der Waals surface area contributed by atoms with Crippen molar-refractivity contribution in [2.75, 3.05) is 18.1 Å². The summed E-state index contributed by atoms with van der Waals surface area (Å²) in [5, 5.41) is 2.65. The van der Waals surface area contributed by atoms with Crippen LogP contribution in [0.1, 0.15) is 37.7 Å². The fourth-order valence-corrected chi connectivity index (χ4v) is 5.10. The monoisotopic (exact) mass is 394 g/mol. The molecular weight excluding hydrogens is 368 g/mol. The van der Waals surface area contributed by atoms with Gasteiger partial charge in [-0.15, -0.1) is 0 Å². The number of hydrogen-bond acceptors (Lipinski definition) is 5. The minimum Gasteiger partial charge on any atom is -0.445 e. The first-order valence-corrected chi connectivity index (χ1v) is 11.2. The van der Waals surface area contributed by atoms with Gasteiger partial charge in [0.1, 0.15) is 6.61 Å². The number of sulfone groups is 1.